The molecular weight excluding hydrogens is 502 g/mol. The van der Waals surface area contributed by atoms with Crippen LogP contribution in [0.2, 0.25) is 5.02 Å². The number of rotatable bonds is 7. The average molecular weight is 532 g/mol. The van der Waals surface area contributed by atoms with Gasteiger partial charge in [0.15, 0.2) is 5.17 Å². The standard InChI is InChI=1S/C26H30ClN3O5S/c1-4-34-24(32)18-7-6-12-29(14-18)21(31)13-20-15-36-26-28-16(3)22(25(33)35-5-2)23(30(20)26)17-8-10-19(27)11-9-17/h8-11,15,18,23H,4-7,12-14H2,1-3H3/t18-,23-/m1/s1. The predicted octanol–water partition coefficient (Wildman–Crippen LogP) is 4.67. The summed E-state index contributed by atoms with van der Waals surface area (Å²) in [4.78, 5) is 47.0. The zero-order valence-electron chi connectivity index (χ0n) is 20.7. The molecule has 0 N–H and O–H groups in total. The molecule has 4 rings (SSSR count). The highest BCUT2D eigenvalue weighted by molar-refractivity contribution is 8.16. The van der Waals surface area contributed by atoms with Crippen molar-refractivity contribution in [2.45, 2.75) is 46.1 Å². The number of ether oxygens (including phenoxy) is 2. The second-order valence-corrected chi connectivity index (χ2v) is 10.0. The summed E-state index contributed by atoms with van der Waals surface area (Å²) in [5, 5.41) is 3.20. The molecule has 1 amide bonds. The maximum Gasteiger partial charge on any atom is 0.338 e. The smallest absolute Gasteiger partial charge is 0.338 e. The van der Waals surface area contributed by atoms with E-state index in [2.05, 4.69) is 4.99 Å². The van der Waals surface area contributed by atoms with Gasteiger partial charge in [-0.3, -0.25) is 9.59 Å². The topological polar surface area (TPSA) is 88.5 Å². The third-order valence-electron chi connectivity index (χ3n) is 6.41. The van der Waals surface area contributed by atoms with Crippen molar-refractivity contribution in [2.24, 2.45) is 10.9 Å². The lowest BCUT2D eigenvalue weighted by Crippen LogP contribution is -2.44. The number of hydrogen-bond donors (Lipinski definition) is 0. The number of carbonyl (C=O) groups excluding carboxylic acids is 3. The fraction of sp³-hybridized carbons (Fsp3) is 0.462. The van der Waals surface area contributed by atoms with E-state index in [9.17, 15) is 14.4 Å². The fourth-order valence-corrected chi connectivity index (χ4v) is 5.81. The Morgan fingerprint density at radius 3 is 2.56 bits per heavy atom. The summed E-state index contributed by atoms with van der Waals surface area (Å²) >= 11 is 7.56. The number of carbonyl (C=O) groups is 3. The summed E-state index contributed by atoms with van der Waals surface area (Å²) in [7, 11) is 0. The number of thioether (sulfide) groups is 1. The third-order valence-corrected chi connectivity index (χ3v) is 7.55. The number of hydrogen-bond acceptors (Lipinski definition) is 8. The van der Waals surface area contributed by atoms with Gasteiger partial charge in [-0.2, -0.15) is 0 Å². The minimum absolute atomic E-state index is 0.0732. The number of likely N-dealkylation sites (tertiary alicyclic amines) is 1. The molecule has 3 heterocycles. The van der Waals surface area contributed by atoms with Gasteiger partial charge in [-0.15, -0.1) is 0 Å². The molecule has 1 fully saturated rings. The van der Waals surface area contributed by atoms with E-state index in [0.29, 0.717) is 41.2 Å². The van der Waals surface area contributed by atoms with Crippen molar-refractivity contribution in [3.63, 3.8) is 0 Å². The first-order valence-corrected chi connectivity index (χ1v) is 13.4. The fourth-order valence-electron chi connectivity index (χ4n) is 4.72. The summed E-state index contributed by atoms with van der Waals surface area (Å²) in [6, 6.07) is 6.80. The van der Waals surface area contributed by atoms with Gasteiger partial charge >= 0.3 is 11.9 Å². The van der Waals surface area contributed by atoms with Crippen molar-refractivity contribution in [3.05, 3.63) is 57.2 Å². The van der Waals surface area contributed by atoms with Crippen LogP contribution >= 0.6 is 23.4 Å². The summed E-state index contributed by atoms with van der Waals surface area (Å²) in [5.74, 6) is -1.06. The monoisotopic (exact) mass is 531 g/mol. The van der Waals surface area contributed by atoms with E-state index in [1.54, 1.807) is 37.8 Å². The second kappa shape index (κ2) is 11.5. The van der Waals surface area contributed by atoms with E-state index in [4.69, 9.17) is 21.1 Å². The van der Waals surface area contributed by atoms with Crippen LogP contribution < -0.4 is 0 Å². The van der Waals surface area contributed by atoms with E-state index < -0.39 is 12.0 Å². The van der Waals surface area contributed by atoms with Crippen LogP contribution in [0.3, 0.4) is 0 Å². The number of halogens is 1. The van der Waals surface area contributed by atoms with Crippen molar-refractivity contribution in [1.82, 2.24) is 9.80 Å². The van der Waals surface area contributed by atoms with Crippen LogP contribution in [0.15, 0.2) is 51.6 Å². The molecule has 2 atom stereocenters. The zero-order valence-corrected chi connectivity index (χ0v) is 22.2. The van der Waals surface area contributed by atoms with Crippen molar-refractivity contribution < 1.29 is 23.9 Å². The normalized spacial score (nSPS) is 21.6. The first-order valence-electron chi connectivity index (χ1n) is 12.1. The van der Waals surface area contributed by atoms with Gasteiger partial charge in [-0.05, 0) is 56.7 Å². The molecule has 0 aromatic heterocycles. The van der Waals surface area contributed by atoms with Gasteiger partial charge in [0, 0.05) is 23.8 Å². The Hall–Kier alpha value is -2.78. The lowest BCUT2D eigenvalue weighted by atomic mass is 9.93. The van der Waals surface area contributed by atoms with E-state index in [1.807, 2.05) is 22.4 Å². The Morgan fingerprint density at radius 1 is 1.14 bits per heavy atom. The second-order valence-electron chi connectivity index (χ2n) is 8.77. The molecule has 8 nitrogen and oxygen atoms in total. The number of allylic oxidation sites excluding steroid dienone is 1. The molecule has 192 valence electrons. The Labute approximate surface area is 220 Å². The summed E-state index contributed by atoms with van der Waals surface area (Å²) in [5.41, 5.74) is 2.61. The highest BCUT2D eigenvalue weighted by atomic mass is 35.5. The molecule has 0 radical (unpaired) electrons. The third kappa shape index (κ3) is 5.47. The van der Waals surface area contributed by atoms with Crippen molar-refractivity contribution in [2.75, 3.05) is 26.3 Å². The molecular formula is C26H30ClN3O5S. The lowest BCUT2D eigenvalue weighted by Gasteiger charge is -2.37. The van der Waals surface area contributed by atoms with E-state index >= 15 is 0 Å². The first kappa shape index (κ1) is 26.3. The minimum atomic E-state index is -0.503. The van der Waals surface area contributed by atoms with Crippen LogP contribution in [0.5, 0.6) is 0 Å². The number of amidine groups is 1. The number of nitrogens with zero attached hydrogens (tertiary/aromatic N) is 3. The van der Waals surface area contributed by atoms with Crippen molar-refractivity contribution in [1.29, 1.82) is 0 Å². The largest absolute Gasteiger partial charge is 0.466 e. The maximum absolute atomic E-state index is 13.4. The van der Waals surface area contributed by atoms with Crippen molar-refractivity contribution >= 4 is 46.4 Å². The van der Waals surface area contributed by atoms with E-state index in [1.165, 1.54) is 11.8 Å². The molecule has 10 heteroatoms. The number of benzene rings is 1. The number of amides is 1. The summed E-state index contributed by atoms with van der Waals surface area (Å²) in [6.45, 7) is 6.87. The molecule has 1 aromatic carbocycles. The van der Waals surface area contributed by atoms with Gasteiger partial charge in [0.25, 0.3) is 0 Å². The van der Waals surface area contributed by atoms with Crippen LogP contribution in [0.1, 0.15) is 51.6 Å². The van der Waals surface area contributed by atoms with Gasteiger partial charge in [0.2, 0.25) is 5.91 Å². The Kier molecular flexibility index (Phi) is 8.41. The molecule has 0 bridgehead atoms. The van der Waals surface area contributed by atoms with Crippen molar-refractivity contribution in [3.8, 4) is 0 Å². The SMILES string of the molecule is CCOC(=O)C1=C(C)N=C2SC=C(CC(=O)N3CCC[C@@H](C(=O)OCC)C3)N2[C@@H]1c1ccc(Cl)cc1. The zero-order chi connectivity index (χ0) is 25.8. The minimum Gasteiger partial charge on any atom is -0.466 e. The predicted molar refractivity (Wildman–Crippen MR) is 139 cm³/mol. The molecule has 0 spiro atoms. The average Bonchev–Trinajstić information content (AvgIpc) is 3.25. The highest BCUT2D eigenvalue weighted by Crippen LogP contribution is 2.45. The quantitative estimate of drug-likeness (QED) is 0.472. The number of fused-ring (bicyclic) bond motifs is 1. The molecule has 0 saturated carbocycles. The lowest BCUT2D eigenvalue weighted by molar-refractivity contribution is -0.151. The summed E-state index contributed by atoms with van der Waals surface area (Å²) < 4.78 is 10.6. The van der Waals surface area contributed by atoms with Crippen LogP contribution in [-0.4, -0.2) is 59.1 Å². The molecule has 3 aliphatic heterocycles. The molecule has 0 aliphatic carbocycles. The Balaban J connectivity index is 1.60. The first-order chi connectivity index (χ1) is 17.3. The van der Waals surface area contributed by atoms with Crippen LogP contribution in [0, 0.1) is 5.92 Å². The Morgan fingerprint density at radius 2 is 1.86 bits per heavy atom. The number of piperidine rings is 1. The molecule has 1 aromatic rings. The maximum atomic E-state index is 13.4. The van der Waals surface area contributed by atoms with Crippen LogP contribution in [0.4, 0.5) is 0 Å². The summed E-state index contributed by atoms with van der Waals surface area (Å²) in [6.07, 6.45) is 1.60. The molecule has 1 saturated heterocycles. The number of aliphatic imine (C=N–C) groups is 1. The Bertz CT molecular complexity index is 1130. The van der Waals surface area contributed by atoms with Crippen LogP contribution in [0.25, 0.3) is 0 Å². The van der Waals surface area contributed by atoms with Gasteiger partial charge in [0.05, 0.1) is 42.9 Å². The van der Waals surface area contributed by atoms with Gasteiger partial charge < -0.3 is 19.3 Å². The van der Waals surface area contributed by atoms with Gasteiger partial charge in [-0.1, -0.05) is 35.5 Å². The molecule has 0 unspecified atom stereocenters. The van der Waals surface area contributed by atoms with Crippen LogP contribution in [-0.2, 0) is 23.9 Å². The van der Waals surface area contributed by atoms with Gasteiger partial charge in [0.1, 0.15) is 0 Å². The molecule has 36 heavy (non-hydrogen) atoms. The van der Waals surface area contributed by atoms with Gasteiger partial charge in [-0.25, -0.2) is 9.79 Å². The highest BCUT2D eigenvalue weighted by Gasteiger charge is 2.41. The molecule has 3 aliphatic rings. The van der Waals surface area contributed by atoms with E-state index in [0.717, 1.165) is 24.1 Å². The van der Waals surface area contributed by atoms with E-state index in [-0.39, 0.29) is 30.8 Å². The number of esters is 2.